The first-order chi connectivity index (χ1) is 12.1. The molecule has 0 radical (unpaired) electrons. The zero-order valence-electron chi connectivity index (χ0n) is 15.2. The minimum atomic E-state index is -1.24. The van der Waals surface area contributed by atoms with Crippen LogP contribution in [0.25, 0.3) is 0 Å². The van der Waals surface area contributed by atoms with Gasteiger partial charge in [0.1, 0.15) is 6.61 Å². The van der Waals surface area contributed by atoms with Crippen molar-refractivity contribution in [2.45, 2.75) is 45.6 Å². The van der Waals surface area contributed by atoms with Crippen molar-refractivity contribution in [3.05, 3.63) is 33.9 Å². The second-order valence-corrected chi connectivity index (χ2v) is 7.28. The van der Waals surface area contributed by atoms with Crippen molar-refractivity contribution in [3.63, 3.8) is 0 Å². The molecule has 142 valence electrons. The van der Waals surface area contributed by atoms with E-state index in [2.05, 4.69) is 0 Å². The fourth-order valence-corrected chi connectivity index (χ4v) is 3.21. The van der Waals surface area contributed by atoms with E-state index in [0.717, 1.165) is 18.9 Å². The van der Waals surface area contributed by atoms with Gasteiger partial charge in [-0.05, 0) is 37.8 Å². The molecule has 1 aromatic rings. The number of nitro groups is 1. The monoisotopic (exact) mass is 364 g/mol. The predicted molar refractivity (Wildman–Crippen MR) is 94.4 cm³/mol. The van der Waals surface area contributed by atoms with Gasteiger partial charge in [-0.2, -0.15) is 0 Å². The minimum Gasteiger partial charge on any atom is -0.484 e. The molecule has 1 fully saturated rings. The Balaban J connectivity index is 2.17. The van der Waals surface area contributed by atoms with Crippen LogP contribution < -0.4 is 4.74 Å². The number of benzene rings is 1. The van der Waals surface area contributed by atoms with Crippen LogP contribution in [-0.4, -0.2) is 45.5 Å². The second-order valence-electron chi connectivity index (χ2n) is 7.28. The van der Waals surface area contributed by atoms with E-state index in [1.54, 1.807) is 4.90 Å². The number of hydrogen-bond donors (Lipinski definition) is 1. The number of nitrogens with zero attached hydrogens (tertiary/aromatic N) is 2. The first kappa shape index (κ1) is 19.7. The number of amides is 1. The molecule has 1 atom stereocenters. The second kappa shape index (κ2) is 7.72. The summed E-state index contributed by atoms with van der Waals surface area (Å²) in [6.45, 7) is 6.63. The smallest absolute Gasteiger partial charge is 0.335 e. The Kier molecular flexibility index (Phi) is 5.84. The summed E-state index contributed by atoms with van der Waals surface area (Å²) >= 11 is 0. The number of rotatable bonds is 7. The maximum atomic E-state index is 12.5. The molecule has 1 aromatic carbocycles. The van der Waals surface area contributed by atoms with Gasteiger partial charge < -0.3 is 14.7 Å². The number of carbonyl (C=O) groups is 2. The third kappa shape index (κ3) is 4.30. The van der Waals surface area contributed by atoms with Crippen LogP contribution >= 0.6 is 0 Å². The van der Waals surface area contributed by atoms with Crippen LogP contribution in [0, 0.1) is 16.0 Å². The van der Waals surface area contributed by atoms with Gasteiger partial charge in [0.05, 0.1) is 16.0 Å². The van der Waals surface area contributed by atoms with E-state index in [1.807, 2.05) is 20.8 Å². The molecule has 0 bridgehead atoms. The Morgan fingerprint density at radius 3 is 2.69 bits per heavy atom. The summed E-state index contributed by atoms with van der Waals surface area (Å²) in [5.41, 5.74) is -1.11. The molecular formula is C18H24N2O6. The van der Waals surface area contributed by atoms with Gasteiger partial charge in [-0.3, -0.25) is 14.9 Å². The maximum Gasteiger partial charge on any atom is 0.335 e. The number of nitro benzene ring substituents is 1. The van der Waals surface area contributed by atoms with Gasteiger partial charge in [0.2, 0.25) is 5.91 Å². The number of ether oxygens (including phenoxy) is 1. The number of likely N-dealkylation sites (tertiary alicyclic amines) is 1. The van der Waals surface area contributed by atoms with E-state index in [1.165, 1.54) is 12.1 Å². The highest BCUT2D eigenvalue weighted by molar-refractivity contribution is 5.88. The Labute approximate surface area is 151 Å². The molecule has 1 aliphatic heterocycles. The molecule has 1 unspecified atom stereocenters. The topological polar surface area (TPSA) is 110 Å². The average Bonchev–Trinajstić information content (AvgIpc) is 2.94. The van der Waals surface area contributed by atoms with Crippen LogP contribution in [0.1, 0.15) is 50.4 Å². The molecule has 1 N–H and O–H groups in total. The number of carboxylic acid groups (broad SMARTS) is 1. The lowest BCUT2D eigenvalue weighted by Gasteiger charge is -2.35. The van der Waals surface area contributed by atoms with E-state index in [4.69, 9.17) is 9.84 Å². The molecule has 26 heavy (non-hydrogen) atoms. The summed E-state index contributed by atoms with van der Waals surface area (Å²) in [7, 11) is 0. The first-order valence-electron chi connectivity index (χ1n) is 8.59. The van der Waals surface area contributed by atoms with E-state index in [0.29, 0.717) is 13.0 Å². The first-order valence-corrected chi connectivity index (χ1v) is 8.59. The molecule has 8 nitrogen and oxygen atoms in total. The summed E-state index contributed by atoms with van der Waals surface area (Å²) < 4.78 is 5.68. The molecule has 1 amide bonds. The summed E-state index contributed by atoms with van der Waals surface area (Å²) in [4.78, 5) is 35.8. The standard InChI is InChI=1S/C18H24N2O6/c1-12(2)9-16(21)19-8-4-7-18(19,3)11-26-15-6-5-13(17(22)23)10-14(15)20(24)25/h5-6,10,12H,4,7-9,11H2,1-3H3,(H,22,23). The highest BCUT2D eigenvalue weighted by Gasteiger charge is 2.40. The number of carboxylic acids is 1. The van der Waals surface area contributed by atoms with E-state index < -0.39 is 22.1 Å². The molecule has 0 saturated carbocycles. The van der Waals surface area contributed by atoms with Gasteiger partial charge in [0.25, 0.3) is 0 Å². The molecule has 0 aromatic heterocycles. The quantitative estimate of drug-likeness (QED) is 0.588. The third-order valence-electron chi connectivity index (χ3n) is 4.57. The maximum absolute atomic E-state index is 12.5. The van der Waals surface area contributed by atoms with Crippen molar-refractivity contribution < 1.29 is 24.4 Å². The molecule has 0 spiro atoms. The predicted octanol–water partition coefficient (Wildman–Crippen LogP) is 3.10. The van der Waals surface area contributed by atoms with E-state index >= 15 is 0 Å². The summed E-state index contributed by atoms with van der Waals surface area (Å²) in [5.74, 6) is -0.936. The molecule has 1 heterocycles. The van der Waals surface area contributed by atoms with Crippen LogP contribution in [0.2, 0.25) is 0 Å². The Hall–Kier alpha value is -2.64. The lowest BCUT2D eigenvalue weighted by atomic mass is 9.99. The fraction of sp³-hybridized carbons (Fsp3) is 0.556. The van der Waals surface area contributed by atoms with Crippen LogP contribution in [0.3, 0.4) is 0 Å². The molecule has 8 heteroatoms. The van der Waals surface area contributed by atoms with Crippen molar-refractivity contribution >= 4 is 17.6 Å². The van der Waals surface area contributed by atoms with Gasteiger partial charge in [-0.25, -0.2) is 4.79 Å². The number of aromatic carboxylic acids is 1. The van der Waals surface area contributed by atoms with Crippen LogP contribution in [0.4, 0.5) is 5.69 Å². The molecule has 2 rings (SSSR count). The van der Waals surface area contributed by atoms with E-state index in [-0.39, 0.29) is 29.7 Å². The largest absolute Gasteiger partial charge is 0.484 e. The van der Waals surface area contributed by atoms with Crippen molar-refractivity contribution in [1.82, 2.24) is 4.90 Å². The van der Waals surface area contributed by atoms with Crippen molar-refractivity contribution in [2.75, 3.05) is 13.2 Å². The van der Waals surface area contributed by atoms with Crippen molar-refractivity contribution in [1.29, 1.82) is 0 Å². The van der Waals surface area contributed by atoms with Crippen molar-refractivity contribution in [3.8, 4) is 5.75 Å². The van der Waals surface area contributed by atoms with Gasteiger partial charge in [-0.15, -0.1) is 0 Å². The molecule has 1 aliphatic rings. The number of carbonyl (C=O) groups excluding carboxylic acids is 1. The Bertz CT molecular complexity index is 718. The van der Waals surface area contributed by atoms with Crippen LogP contribution in [0.15, 0.2) is 18.2 Å². The highest BCUT2D eigenvalue weighted by Crippen LogP contribution is 2.34. The van der Waals surface area contributed by atoms with Gasteiger partial charge in [0, 0.05) is 19.0 Å². The zero-order chi connectivity index (χ0) is 19.5. The SMILES string of the molecule is CC(C)CC(=O)N1CCCC1(C)COc1ccc(C(=O)O)cc1[N+](=O)[O-]. The van der Waals surface area contributed by atoms with Crippen LogP contribution in [-0.2, 0) is 4.79 Å². The lowest BCUT2D eigenvalue weighted by Crippen LogP contribution is -2.49. The minimum absolute atomic E-state index is 0.00406. The normalized spacial score (nSPS) is 19.6. The molecule has 1 saturated heterocycles. The summed E-state index contributed by atoms with van der Waals surface area (Å²) in [6.07, 6.45) is 2.05. The summed E-state index contributed by atoms with van der Waals surface area (Å²) in [5, 5.41) is 20.2. The Morgan fingerprint density at radius 2 is 2.12 bits per heavy atom. The molecular weight excluding hydrogens is 340 g/mol. The zero-order valence-corrected chi connectivity index (χ0v) is 15.2. The van der Waals surface area contributed by atoms with Gasteiger partial charge in [-0.1, -0.05) is 13.8 Å². The number of hydrogen-bond acceptors (Lipinski definition) is 5. The average molecular weight is 364 g/mol. The Morgan fingerprint density at radius 1 is 1.42 bits per heavy atom. The van der Waals surface area contributed by atoms with E-state index in [9.17, 15) is 19.7 Å². The van der Waals surface area contributed by atoms with Crippen molar-refractivity contribution in [2.24, 2.45) is 5.92 Å². The molecule has 0 aliphatic carbocycles. The van der Waals surface area contributed by atoms with Gasteiger partial charge >= 0.3 is 11.7 Å². The van der Waals surface area contributed by atoms with Gasteiger partial charge in [0.15, 0.2) is 5.75 Å². The lowest BCUT2D eigenvalue weighted by molar-refractivity contribution is -0.386. The highest BCUT2D eigenvalue weighted by atomic mass is 16.6. The fourth-order valence-electron chi connectivity index (χ4n) is 3.21. The van der Waals surface area contributed by atoms with Crippen LogP contribution in [0.5, 0.6) is 5.75 Å². The third-order valence-corrected chi connectivity index (χ3v) is 4.57. The summed E-state index contributed by atoms with van der Waals surface area (Å²) in [6, 6.07) is 3.54.